The van der Waals surface area contributed by atoms with Gasteiger partial charge in [0.05, 0.1) is 15.6 Å². The van der Waals surface area contributed by atoms with Gasteiger partial charge in [-0.25, -0.2) is 4.98 Å². The molecule has 0 fully saturated rings. The molecule has 0 amide bonds. The zero-order valence-electron chi connectivity index (χ0n) is 13.4. The minimum Gasteiger partial charge on any atom is -0.435 e. The average molecular weight is 409 g/mol. The monoisotopic (exact) mass is 408 g/mol. The second-order valence-corrected chi connectivity index (χ2v) is 6.23. The first-order valence-corrected chi connectivity index (χ1v) is 8.25. The Morgan fingerprint density at radius 3 is 2.26 bits per heavy atom. The van der Waals surface area contributed by atoms with Crippen molar-refractivity contribution in [3.8, 4) is 28.8 Å². The van der Waals surface area contributed by atoms with E-state index in [1.165, 1.54) is 24.4 Å². The molecule has 1 heterocycles. The number of hydrogen-bond donors (Lipinski definition) is 0. The fourth-order valence-electron chi connectivity index (χ4n) is 2.32. The second-order valence-electron chi connectivity index (χ2n) is 5.42. The summed E-state index contributed by atoms with van der Waals surface area (Å²) in [5.41, 5.74) is -0.144. The molecule has 0 saturated heterocycles. The van der Waals surface area contributed by atoms with Crippen LogP contribution in [0, 0.1) is 11.3 Å². The van der Waals surface area contributed by atoms with E-state index in [9.17, 15) is 18.4 Å². The molecule has 8 heteroatoms. The summed E-state index contributed by atoms with van der Waals surface area (Å²) >= 11 is 12.1. The Morgan fingerprint density at radius 1 is 0.963 bits per heavy atom. The van der Waals surface area contributed by atoms with Gasteiger partial charge in [-0.05, 0) is 35.9 Å². The quantitative estimate of drug-likeness (QED) is 0.481. The molecular formula is C19H9Cl2F3N2O. The molecule has 3 nitrogen and oxygen atoms in total. The van der Waals surface area contributed by atoms with Crippen molar-refractivity contribution >= 4 is 23.2 Å². The summed E-state index contributed by atoms with van der Waals surface area (Å²) in [6.07, 6.45) is -3.15. The molecular weight excluding hydrogens is 400 g/mol. The highest BCUT2D eigenvalue weighted by Gasteiger charge is 2.30. The van der Waals surface area contributed by atoms with Crippen LogP contribution in [0.25, 0.3) is 11.1 Å². The minimum absolute atomic E-state index is 0.0286. The number of alkyl halides is 3. The number of ether oxygens (including phenoxy) is 1. The van der Waals surface area contributed by atoms with Gasteiger partial charge in [-0.1, -0.05) is 41.4 Å². The van der Waals surface area contributed by atoms with E-state index >= 15 is 0 Å². The highest BCUT2D eigenvalue weighted by atomic mass is 35.5. The van der Waals surface area contributed by atoms with Gasteiger partial charge >= 0.3 is 6.18 Å². The fourth-order valence-corrected chi connectivity index (χ4v) is 2.80. The van der Waals surface area contributed by atoms with Gasteiger partial charge in [-0.15, -0.1) is 0 Å². The molecule has 3 rings (SSSR count). The van der Waals surface area contributed by atoms with Crippen molar-refractivity contribution in [3.05, 3.63) is 75.9 Å². The van der Waals surface area contributed by atoms with Gasteiger partial charge in [0.15, 0.2) is 5.75 Å². The third-order valence-corrected chi connectivity index (χ3v) is 4.21. The first-order valence-electron chi connectivity index (χ1n) is 7.49. The van der Waals surface area contributed by atoms with E-state index < -0.39 is 11.7 Å². The van der Waals surface area contributed by atoms with Crippen LogP contribution in [0.15, 0.2) is 54.7 Å². The Bertz CT molecular complexity index is 1030. The molecule has 0 saturated carbocycles. The van der Waals surface area contributed by atoms with Gasteiger partial charge in [-0.2, -0.15) is 18.4 Å². The lowest BCUT2D eigenvalue weighted by molar-refractivity contribution is -0.137. The molecule has 0 radical (unpaired) electrons. The number of aromatic nitrogens is 1. The standard InChI is InChI=1S/C19H9Cl2F3N2O/c20-15-5-2-6-16(21)17(15)27-18-12(9-25)7-13(10-26-18)11-3-1-4-14(8-11)19(22,23)24/h1-8,10H. The Morgan fingerprint density at radius 2 is 1.63 bits per heavy atom. The van der Waals surface area contributed by atoms with E-state index in [4.69, 9.17) is 27.9 Å². The van der Waals surface area contributed by atoms with Crippen LogP contribution in [-0.2, 0) is 6.18 Å². The summed E-state index contributed by atoms with van der Waals surface area (Å²) in [7, 11) is 0. The molecule has 0 spiro atoms. The van der Waals surface area contributed by atoms with E-state index in [1.54, 1.807) is 18.2 Å². The van der Waals surface area contributed by atoms with Crippen LogP contribution in [0.5, 0.6) is 11.6 Å². The van der Waals surface area contributed by atoms with Crippen molar-refractivity contribution in [1.29, 1.82) is 5.26 Å². The van der Waals surface area contributed by atoms with E-state index in [0.29, 0.717) is 5.56 Å². The summed E-state index contributed by atoms with van der Waals surface area (Å²) in [5, 5.41) is 9.84. The maximum atomic E-state index is 12.9. The number of halogens is 5. The van der Waals surface area contributed by atoms with Gasteiger partial charge in [0.2, 0.25) is 5.88 Å². The van der Waals surface area contributed by atoms with Crippen molar-refractivity contribution in [2.45, 2.75) is 6.18 Å². The maximum absolute atomic E-state index is 12.9. The van der Waals surface area contributed by atoms with Crippen molar-refractivity contribution < 1.29 is 17.9 Å². The van der Waals surface area contributed by atoms with E-state index in [-0.39, 0.29) is 32.8 Å². The van der Waals surface area contributed by atoms with Crippen LogP contribution >= 0.6 is 23.2 Å². The van der Waals surface area contributed by atoms with Crippen molar-refractivity contribution in [1.82, 2.24) is 4.98 Å². The van der Waals surface area contributed by atoms with E-state index in [0.717, 1.165) is 12.1 Å². The van der Waals surface area contributed by atoms with E-state index in [2.05, 4.69) is 4.98 Å². The van der Waals surface area contributed by atoms with Crippen molar-refractivity contribution in [2.75, 3.05) is 0 Å². The zero-order chi connectivity index (χ0) is 19.6. The highest BCUT2D eigenvalue weighted by molar-refractivity contribution is 6.37. The minimum atomic E-state index is -4.47. The van der Waals surface area contributed by atoms with Gasteiger partial charge < -0.3 is 4.74 Å². The number of nitriles is 1. The van der Waals surface area contributed by atoms with Gasteiger partial charge in [-0.3, -0.25) is 0 Å². The Kier molecular flexibility index (Phi) is 5.26. The molecule has 0 bridgehead atoms. The van der Waals surface area contributed by atoms with Gasteiger partial charge in [0, 0.05) is 11.8 Å². The zero-order valence-corrected chi connectivity index (χ0v) is 14.9. The number of benzene rings is 2. The number of hydrogen-bond acceptors (Lipinski definition) is 3. The summed E-state index contributed by atoms with van der Waals surface area (Å²) in [5.74, 6) is 0.0832. The molecule has 136 valence electrons. The third-order valence-electron chi connectivity index (χ3n) is 3.61. The largest absolute Gasteiger partial charge is 0.435 e. The summed E-state index contributed by atoms with van der Waals surface area (Å²) in [6.45, 7) is 0. The lowest BCUT2D eigenvalue weighted by atomic mass is 10.0. The molecule has 0 aliphatic rings. The Hall–Kier alpha value is -2.75. The SMILES string of the molecule is N#Cc1cc(-c2cccc(C(F)(F)F)c2)cnc1Oc1c(Cl)cccc1Cl. The third kappa shape index (κ3) is 4.16. The number of rotatable bonds is 3. The maximum Gasteiger partial charge on any atom is 0.416 e. The fraction of sp³-hybridized carbons (Fsp3) is 0.0526. The number of para-hydroxylation sites is 1. The number of nitrogens with zero attached hydrogens (tertiary/aromatic N) is 2. The Labute approximate surface area is 162 Å². The molecule has 3 aromatic rings. The molecule has 27 heavy (non-hydrogen) atoms. The normalized spacial score (nSPS) is 11.1. The van der Waals surface area contributed by atoms with Crippen LogP contribution in [0.1, 0.15) is 11.1 Å². The molecule has 0 aliphatic carbocycles. The van der Waals surface area contributed by atoms with Crippen LogP contribution in [-0.4, -0.2) is 4.98 Å². The molecule has 0 aliphatic heterocycles. The Balaban J connectivity index is 2.00. The van der Waals surface area contributed by atoms with Crippen molar-refractivity contribution in [2.24, 2.45) is 0 Å². The predicted octanol–water partition coefficient (Wildman–Crippen LogP) is 6.74. The molecule has 1 aromatic heterocycles. The smallest absolute Gasteiger partial charge is 0.416 e. The molecule has 0 unspecified atom stereocenters. The van der Waals surface area contributed by atoms with E-state index in [1.807, 2.05) is 6.07 Å². The highest BCUT2D eigenvalue weighted by Crippen LogP contribution is 2.37. The van der Waals surface area contributed by atoms with Crippen LogP contribution in [0.2, 0.25) is 10.0 Å². The van der Waals surface area contributed by atoms with Crippen LogP contribution in [0.4, 0.5) is 13.2 Å². The summed E-state index contributed by atoms with van der Waals surface area (Å²) in [4.78, 5) is 4.05. The topological polar surface area (TPSA) is 45.9 Å². The molecule has 0 N–H and O–H groups in total. The summed E-state index contributed by atoms with van der Waals surface area (Å²) < 4.78 is 44.2. The lowest BCUT2D eigenvalue weighted by Crippen LogP contribution is -2.04. The summed E-state index contributed by atoms with van der Waals surface area (Å²) in [6, 6.07) is 12.8. The van der Waals surface area contributed by atoms with Gasteiger partial charge in [0.1, 0.15) is 11.6 Å². The lowest BCUT2D eigenvalue weighted by Gasteiger charge is -2.12. The second kappa shape index (κ2) is 7.47. The van der Waals surface area contributed by atoms with Crippen molar-refractivity contribution in [3.63, 3.8) is 0 Å². The van der Waals surface area contributed by atoms with Gasteiger partial charge in [0.25, 0.3) is 0 Å². The van der Waals surface area contributed by atoms with Crippen LogP contribution in [0.3, 0.4) is 0 Å². The average Bonchev–Trinajstić information content (AvgIpc) is 2.64. The first kappa shape index (κ1) is 19.0. The predicted molar refractivity (Wildman–Crippen MR) is 95.9 cm³/mol. The number of pyridine rings is 1. The van der Waals surface area contributed by atoms with Crippen LogP contribution < -0.4 is 4.74 Å². The molecule has 0 atom stereocenters. The first-order chi connectivity index (χ1) is 12.8. The molecule has 2 aromatic carbocycles.